The van der Waals surface area contributed by atoms with Gasteiger partial charge in [-0.3, -0.25) is 4.79 Å². The number of amides is 1. The monoisotopic (exact) mass is 285 g/mol. The lowest BCUT2D eigenvalue weighted by Gasteiger charge is -2.25. The number of rotatable bonds is 2. The molecule has 1 heterocycles. The highest BCUT2D eigenvalue weighted by Crippen LogP contribution is 2.34. The van der Waals surface area contributed by atoms with E-state index in [1.54, 1.807) is 7.11 Å². The van der Waals surface area contributed by atoms with Crippen LogP contribution < -0.4 is 10.1 Å². The van der Waals surface area contributed by atoms with E-state index in [1.807, 2.05) is 18.2 Å². The fourth-order valence-corrected chi connectivity index (χ4v) is 2.29. The molecule has 1 aromatic carbocycles. The molecule has 0 spiro atoms. The van der Waals surface area contributed by atoms with Crippen molar-refractivity contribution in [3.8, 4) is 5.75 Å². The van der Waals surface area contributed by atoms with Crippen LogP contribution in [0.5, 0.6) is 5.75 Å². The maximum Gasteiger partial charge on any atom is 0.246 e. The Balaban J connectivity index is 2.28. The molecular formula is C11H12BrNO3. The van der Waals surface area contributed by atoms with Crippen LogP contribution in [0.4, 0.5) is 0 Å². The third-order valence-corrected chi connectivity index (χ3v) is 3.15. The van der Waals surface area contributed by atoms with Gasteiger partial charge in [0.1, 0.15) is 18.5 Å². The zero-order valence-electron chi connectivity index (χ0n) is 8.83. The van der Waals surface area contributed by atoms with Crippen LogP contribution in [0.1, 0.15) is 11.7 Å². The smallest absolute Gasteiger partial charge is 0.246 e. The Morgan fingerprint density at radius 1 is 1.56 bits per heavy atom. The number of carbonyl (C=O) groups excluding carboxylic acids is 1. The van der Waals surface area contributed by atoms with Crippen molar-refractivity contribution in [2.45, 2.75) is 6.10 Å². The van der Waals surface area contributed by atoms with Gasteiger partial charge < -0.3 is 14.8 Å². The highest BCUT2D eigenvalue weighted by Gasteiger charge is 2.24. The first-order valence-corrected chi connectivity index (χ1v) is 5.72. The lowest BCUT2D eigenvalue weighted by atomic mass is 10.1. The van der Waals surface area contributed by atoms with Gasteiger partial charge in [-0.1, -0.05) is 22.0 Å². The van der Waals surface area contributed by atoms with Gasteiger partial charge in [-0.05, 0) is 12.1 Å². The molecule has 0 radical (unpaired) electrons. The summed E-state index contributed by atoms with van der Waals surface area (Å²) in [6.45, 7) is 0.562. The van der Waals surface area contributed by atoms with Crippen LogP contribution in [0.2, 0.25) is 0 Å². The summed E-state index contributed by atoms with van der Waals surface area (Å²) in [5.74, 6) is 0.679. The minimum atomic E-state index is -0.164. The second-order valence-electron chi connectivity index (χ2n) is 3.46. The molecule has 2 rings (SSSR count). The average molecular weight is 286 g/mol. The predicted octanol–water partition coefficient (Wildman–Crippen LogP) is 1.65. The molecule has 16 heavy (non-hydrogen) atoms. The molecule has 0 aliphatic carbocycles. The summed E-state index contributed by atoms with van der Waals surface area (Å²) in [6.07, 6.45) is -0.164. The first-order chi connectivity index (χ1) is 7.72. The van der Waals surface area contributed by atoms with Crippen LogP contribution in [-0.4, -0.2) is 26.2 Å². The van der Waals surface area contributed by atoms with Crippen molar-refractivity contribution in [2.24, 2.45) is 0 Å². The van der Waals surface area contributed by atoms with E-state index in [2.05, 4.69) is 21.2 Å². The van der Waals surface area contributed by atoms with Gasteiger partial charge in [0.2, 0.25) is 5.91 Å². The number of benzene rings is 1. The SMILES string of the molecule is COc1cccc(Br)c1[C@@H]1CNC(=O)CO1. The first kappa shape index (κ1) is 11.4. The van der Waals surface area contributed by atoms with Gasteiger partial charge in [0, 0.05) is 16.6 Å². The van der Waals surface area contributed by atoms with Crippen LogP contribution >= 0.6 is 15.9 Å². The third-order valence-electron chi connectivity index (χ3n) is 2.46. The molecule has 0 unspecified atom stereocenters. The van der Waals surface area contributed by atoms with Crippen LogP contribution in [0, 0.1) is 0 Å². The molecule has 4 nitrogen and oxygen atoms in total. The van der Waals surface area contributed by atoms with Gasteiger partial charge in [-0.25, -0.2) is 0 Å². The molecule has 86 valence electrons. The maximum atomic E-state index is 11.0. The standard InChI is InChI=1S/C11H12BrNO3/c1-15-8-4-2-3-7(12)11(8)9-5-13-10(14)6-16-9/h2-4,9H,5-6H2,1H3,(H,13,14)/t9-/m0/s1. The van der Waals surface area contributed by atoms with Crippen molar-refractivity contribution < 1.29 is 14.3 Å². The van der Waals surface area contributed by atoms with Gasteiger partial charge in [-0.15, -0.1) is 0 Å². The van der Waals surface area contributed by atoms with E-state index in [1.165, 1.54) is 0 Å². The van der Waals surface area contributed by atoms with E-state index in [4.69, 9.17) is 9.47 Å². The van der Waals surface area contributed by atoms with Crippen molar-refractivity contribution in [3.63, 3.8) is 0 Å². The Morgan fingerprint density at radius 2 is 2.38 bits per heavy atom. The van der Waals surface area contributed by atoms with Crippen LogP contribution in [0.25, 0.3) is 0 Å². The minimum absolute atomic E-state index is 0.0812. The number of nitrogens with one attached hydrogen (secondary N) is 1. The molecule has 1 atom stereocenters. The molecule has 1 aromatic rings. The zero-order chi connectivity index (χ0) is 11.5. The molecule has 1 aliphatic heterocycles. The van der Waals surface area contributed by atoms with Gasteiger partial charge >= 0.3 is 0 Å². The number of halogens is 1. The Hall–Kier alpha value is -1.07. The van der Waals surface area contributed by atoms with Crippen molar-refractivity contribution >= 4 is 21.8 Å². The highest BCUT2D eigenvalue weighted by atomic mass is 79.9. The van der Waals surface area contributed by atoms with E-state index in [9.17, 15) is 4.79 Å². The van der Waals surface area contributed by atoms with E-state index >= 15 is 0 Å². The van der Waals surface area contributed by atoms with E-state index < -0.39 is 0 Å². The Kier molecular flexibility index (Phi) is 3.46. The molecule has 0 aromatic heterocycles. The van der Waals surface area contributed by atoms with Crippen molar-refractivity contribution in [3.05, 3.63) is 28.2 Å². The normalized spacial score (nSPS) is 20.4. The van der Waals surface area contributed by atoms with Gasteiger partial charge in [0.25, 0.3) is 0 Å². The molecule has 1 aliphatic rings. The molecule has 1 amide bonds. The second-order valence-corrected chi connectivity index (χ2v) is 4.31. The molecule has 0 saturated carbocycles. The molecule has 1 saturated heterocycles. The molecule has 1 N–H and O–H groups in total. The van der Waals surface area contributed by atoms with Crippen molar-refractivity contribution in [2.75, 3.05) is 20.3 Å². The van der Waals surface area contributed by atoms with Gasteiger partial charge in [-0.2, -0.15) is 0 Å². The van der Waals surface area contributed by atoms with Crippen LogP contribution in [-0.2, 0) is 9.53 Å². The quantitative estimate of drug-likeness (QED) is 0.899. The molecule has 0 bridgehead atoms. The van der Waals surface area contributed by atoms with Crippen molar-refractivity contribution in [1.82, 2.24) is 5.32 Å². The van der Waals surface area contributed by atoms with E-state index in [0.717, 1.165) is 15.8 Å². The van der Waals surface area contributed by atoms with Gasteiger partial charge in [0.05, 0.1) is 7.11 Å². The summed E-state index contributed by atoms with van der Waals surface area (Å²) in [5.41, 5.74) is 0.935. The van der Waals surface area contributed by atoms with Gasteiger partial charge in [0.15, 0.2) is 0 Å². The van der Waals surface area contributed by atoms with E-state index in [0.29, 0.717) is 6.54 Å². The zero-order valence-corrected chi connectivity index (χ0v) is 10.4. The molecule has 5 heteroatoms. The van der Waals surface area contributed by atoms with Crippen LogP contribution in [0.3, 0.4) is 0 Å². The first-order valence-electron chi connectivity index (χ1n) is 4.93. The number of morpholine rings is 1. The number of ether oxygens (including phenoxy) is 2. The average Bonchev–Trinajstić information content (AvgIpc) is 2.30. The summed E-state index contributed by atoms with van der Waals surface area (Å²) in [5, 5.41) is 2.77. The third kappa shape index (κ3) is 2.20. The molecule has 1 fully saturated rings. The second kappa shape index (κ2) is 4.84. The largest absolute Gasteiger partial charge is 0.496 e. The van der Waals surface area contributed by atoms with E-state index in [-0.39, 0.29) is 18.6 Å². The summed E-state index contributed by atoms with van der Waals surface area (Å²) in [4.78, 5) is 11.0. The Morgan fingerprint density at radius 3 is 3.00 bits per heavy atom. The lowest BCUT2D eigenvalue weighted by Crippen LogP contribution is -2.38. The Labute approximate surface area is 102 Å². The predicted molar refractivity (Wildman–Crippen MR) is 62.4 cm³/mol. The minimum Gasteiger partial charge on any atom is -0.496 e. The summed E-state index contributed by atoms with van der Waals surface area (Å²) >= 11 is 3.47. The summed E-state index contributed by atoms with van der Waals surface area (Å²) in [6, 6.07) is 5.70. The number of methoxy groups -OCH3 is 1. The maximum absolute atomic E-state index is 11.0. The number of hydrogen-bond acceptors (Lipinski definition) is 3. The highest BCUT2D eigenvalue weighted by molar-refractivity contribution is 9.10. The summed E-state index contributed by atoms with van der Waals surface area (Å²) < 4.78 is 11.7. The topological polar surface area (TPSA) is 47.6 Å². The fraction of sp³-hybridized carbons (Fsp3) is 0.364. The van der Waals surface area contributed by atoms with Crippen molar-refractivity contribution in [1.29, 1.82) is 0 Å². The lowest BCUT2D eigenvalue weighted by molar-refractivity contribution is -0.133. The van der Waals surface area contributed by atoms with Crippen LogP contribution in [0.15, 0.2) is 22.7 Å². The Bertz CT molecular complexity index is 398. The summed E-state index contributed by atoms with van der Waals surface area (Å²) in [7, 11) is 1.62. The number of carbonyl (C=O) groups is 1. The number of hydrogen-bond donors (Lipinski definition) is 1. The fourth-order valence-electron chi connectivity index (χ4n) is 1.69. The molecular weight excluding hydrogens is 274 g/mol.